The lowest BCUT2D eigenvalue weighted by atomic mass is 10.1. The summed E-state index contributed by atoms with van der Waals surface area (Å²) in [7, 11) is 3.38. The molecule has 26 heavy (non-hydrogen) atoms. The van der Waals surface area contributed by atoms with Gasteiger partial charge < -0.3 is 24.2 Å². The minimum atomic E-state index is -0.144. The summed E-state index contributed by atoms with van der Waals surface area (Å²) in [5, 5.41) is 11.0. The number of ether oxygens (including phenoxy) is 4. The van der Waals surface area contributed by atoms with Crippen LogP contribution in [0.3, 0.4) is 0 Å². The number of allylic oxidation sites excluding steroid dienone is 2. The molecular formula is C20H39NO5. The first-order chi connectivity index (χ1) is 12.6. The highest BCUT2D eigenvalue weighted by atomic mass is 16.7. The molecule has 6 nitrogen and oxygen atoms in total. The van der Waals surface area contributed by atoms with Crippen LogP contribution < -0.4 is 0 Å². The largest absolute Gasteiger partial charge is 0.411 e. The van der Waals surface area contributed by atoms with Crippen molar-refractivity contribution in [3.63, 3.8) is 0 Å². The van der Waals surface area contributed by atoms with E-state index in [1.165, 1.54) is 6.21 Å². The van der Waals surface area contributed by atoms with Crippen LogP contribution in [0.5, 0.6) is 0 Å². The smallest absolute Gasteiger partial charge is 0.160 e. The van der Waals surface area contributed by atoms with Crippen LogP contribution in [0.1, 0.15) is 52.4 Å². The highest BCUT2D eigenvalue weighted by molar-refractivity contribution is 5.56. The Morgan fingerprint density at radius 2 is 1.42 bits per heavy atom. The van der Waals surface area contributed by atoms with E-state index in [0.29, 0.717) is 19.6 Å². The average Bonchev–Trinajstić information content (AvgIpc) is 2.66. The summed E-state index contributed by atoms with van der Waals surface area (Å²) in [6.07, 6.45) is 10.6. The van der Waals surface area contributed by atoms with Crippen molar-refractivity contribution in [3.8, 4) is 0 Å². The van der Waals surface area contributed by atoms with E-state index in [-0.39, 0.29) is 18.5 Å². The molecule has 0 fully saturated rings. The van der Waals surface area contributed by atoms with Crippen LogP contribution in [-0.2, 0) is 18.9 Å². The van der Waals surface area contributed by atoms with Crippen molar-refractivity contribution in [2.24, 2.45) is 5.16 Å². The second-order valence-electron chi connectivity index (χ2n) is 5.56. The first kappa shape index (κ1) is 27.0. The molecule has 2 atom stereocenters. The molecule has 0 spiro atoms. The lowest BCUT2D eigenvalue weighted by molar-refractivity contribution is -0.155. The summed E-state index contributed by atoms with van der Waals surface area (Å²) in [6, 6.07) is 0. The molecule has 0 heterocycles. The second kappa shape index (κ2) is 21.8. The van der Waals surface area contributed by atoms with E-state index < -0.39 is 0 Å². The summed E-state index contributed by atoms with van der Waals surface area (Å²) in [5.41, 5.74) is 0. The molecule has 0 aromatic carbocycles. The van der Waals surface area contributed by atoms with E-state index in [4.69, 9.17) is 24.2 Å². The number of methoxy groups -OCH3 is 2. The summed E-state index contributed by atoms with van der Waals surface area (Å²) in [4.78, 5) is 0. The molecule has 2 unspecified atom stereocenters. The van der Waals surface area contributed by atoms with Crippen LogP contribution in [0.15, 0.2) is 30.5 Å². The molecule has 0 amide bonds. The zero-order valence-electron chi connectivity index (χ0n) is 17.1. The summed E-state index contributed by atoms with van der Waals surface area (Å²) in [6.45, 7) is 12.6. The summed E-state index contributed by atoms with van der Waals surface area (Å²) < 4.78 is 21.4. The number of nitrogens with zero attached hydrogens (tertiary/aromatic N) is 1. The van der Waals surface area contributed by atoms with Gasteiger partial charge in [0.25, 0.3) is 0 Å². The Labute approximate surface area is 159 Å². The highest BCUT2D eigenvalue weighted by Gasteiger charge is 2.15. The van der Waals surface area contributed by atoms with E-state index in [2.05, 4.69) is 18.3 Å². The van der Waals surface area contributed by atoms with Crippen LogP contribution in [0.25, 0.3) is 0 Å². The van der Waals surface area contributed by atoms with Gasteiger partial charge in [-0.25, -0.2) is 0 Å². The maximum absolute atomic E-state index is 8.13. The van der Waals surface area contributed by atoms with Gasteiger partial charge in [0.05, 0.1) is 12.2 Å². The lowest BCUT2D eigenvalue weighted by Gasteiger charge is -2.22. The first-order valence-corrected chi connectivity index (χ1v) is 9.29. The van der Waals surface area contributed by atoms with E-state index in [1.807, 2.05) is 26.0 Å². The zero-order chi connectivity index (χ0) is 20.0. The van der Waals surface area contributed by atoms with Gasteiger partial charge in [0.15, 0.2) is 6.29 Å². The van der Waals surface area contributed by atoms with E-state index in [1.54, 1.807) is 14.2 Å². The van der Waals surface area contributed by atoms with Gasteiger partial charge in [0.1, 0.15) is 0 Å². The van der Waals surface area contributed by atoms with Crippen molar-refractivity contribution in [3.05, 3.63) is 25.3 Å². The molecular weight excluding hydrogens is 334 g/mol. The van der Waals surface area contributed by atoms with Crippen LogP contribution in [0.2, 0.25) is 0 Å². The fourth-order valence-corrected chi connectivity index (χ4v) is 2.21. The molecule has 0 aliphatic heterocycles. The molecule has 1 N–H and O–H groups in total. The SMILES string of the molecule is C=CCCC(CC(OCC)OCC)OC.C=CCCC(CC=NO)OC. The molecule has 0 saturated carbocycles. The number of oxime groups is 1. The standard InChI is InChI=1S/C12H24O3.C8H15NO2/c1-5-8-9-11(13-4)10-12(14-6-2)15-7-3;1-3-4-5-8(11-2)6-7-9-10/h5,11-12H,1,6-10H2,2-4H3;3,7-8,10H,1,4-6H2,2H3. The third-order valence-corrected chi connectivity index (χ3v) is 3.66. The van der Waals surface area contributed by atoms with Crippen molar-refractivity contribution in [2.45, 2.75) is 70.9 Å². The van der Waals surface area contributed by atoms with Gasteiger partial charge >= 0.3 is 0 Å². The van der Waals surface area contributed by atoms with Gasteiger partial charge in [-0.1, -0.05) is 12.2 Å². The molecule has 154 valence electrons. The Bertz CT molecular complexity index is 330. The Hall–Kier alpha value is -1.21. The van der Waals surface area contributed by atoms with Crippen LogP contribution in [-0.4, -0.2) is 57.4 Å². The summed E-state index contributed by atoms with van der Waals surface area (Å²) >= 11 is 0. The third kappa shape index (κ3) is 17.6. The predicted molar refractivity (Wildman–Crippen MR) is 107 cm³/mol. The van der Waals surface area contributed by atoms with Gasteiger partial charge in [-0.15, -0.1) is 18.3 Å². The lowest BCUT2D eigenvalue weighted by Crippen LogP contribution is -2.25. The van der Waals surface area contributed by atoms with Crippen molar-refractivity contribution >= 4 is 6.21 Å². The van der Waals surface area contributed by atoms with Gasteiger partial charge in [-0.05, 0) is 39.5 Å². The molecule has 0 aliphatic carbocycles. The van der Waals surface area contributed by atoms with Crippen molar-refractivity contribution in [2.75, 3.05) is 27.4 Å². The van der Waals surface area contributed by atoms with Crippen LogP contribution >= 0.6 is 0 Å². The van der Waals surface area contributed by atoms with Crippen molar-refractivity contribution < 1.29 is 24.2 Å². The number of hydrogen-bond donors (Lipinski definition) is 1. The van der Waals surface area contributed by atoms with Crippen LogP contribution in [0.4, 0.5) is 0 Å². The molecule has 6 heteroatoms. The molecule has 0 aliphatic rings. The fraction of sp³-hybridized carbons (Fsp3) is 0.750. The molecule has 0 aromatic heterocycles. The quantitative estimate of drug-likeness (QED) is 0.141. The molecule has 0 rings (SSSR count). The Morgan fingerprint density at radius 3 is 1.81 bits per heavy atom. The van der Waals surface area contributed by atoms with Gasteiger partial charge in [-0.2, -0.15) is 0 Å². The number of hydrogen-bond acceptors (Lipinski definition) is 6. The zero-order valence-corrected chi connectivity index (χ0v) is 17.1. The first-order valence-electron chi connectivity index (χ1n) is 9.29. The molecule has 0 radical (unpaired) electrons. The molecule has 0 aromatic rings. The second-order valence-corrected chi connectivity index (χ2v) is 5.56. The summed E-state index contributed by atoms with van der Waals surface area (Å²) in [5.74, 6) is 0. The monoisotopic (exact) mass is 373 g/mol. The third-order valence-electron chi connectivity index (χ3n) is 3.66. The fourth-order valence-electron chi connectivity index (χ4n) is 2.21. The average molecular weight is 374 g/mol. The molecule has 0 bridgehead atoms. The van der Waals surface area contributed by atoms with E-state index in [0.717, 1.165) is 32.1 Å². The minimum Gasteiger partial charge on any atom is -0.411 e. The molecule has 0 saturated heterocycles. The minimum absolute atomic E-state index is 0.142. The Kier molecular flexibility index (Phi) is 22.7. The maximum atomic E-state index is 8.13. The maximum Gasteiger partial charge on any atom is 0.160 e. The van der Waals surface area contributed by atoms with Crippen molar-refractivity contribution in [1.82, 2.24) is 0 Å². The Balaban J connectivity index is 0. The van der Waals surface area contributed by atoms with Gasteiger partial charge in [-0.3, -0.25) is 0 Å². The Morgan fingerprint density at radius 1 is 0.923 bits per heavy atom. The van der Waals surface area contributed by atoms with Gasteiger partial charge in [0.2, 0.25) is 0 Å². The van der Waals surface area contributed by atoms with E-state index in [9.17, 15) is 0 Å². The normalized spacial score (nSPS) is 13.3. The highest BCUT2D eigenvalue weighted by Crippen LogP contribution is 2.12. The predicted octanol–water partition coefficient (Wildman–Crippen LogP) is 4.57. The van der Waals surface area contributed by atoms with Gasteiger partial charge in [0, 0.05) is 46.5 Å². The van der Waals surface area contributed by atoms with Crippen LogP contribution in [0, 0.1) is 0 Å². The van der Waals surface area contributed by atoms with E-state index >= 15 is 0 Å². The number of rotatable bonds is 16. The topological polar surface area (TPSA) is 69.5 Å². The van der Waals surface area contributed by atoms with Crippen molar-refractivity contribution in [1.29, 1.82) is 0 Å².